The van der Waals surface area contributed by atoms with Crippen LogP contribution in [0.4, 0.5) is 5.69 Å². The maximum Gasteiger partial charge on any atom is 0.124 e. The normalized spacial score (nSPS) is 12.1. The molecule has 0 radical (unpaired) electrons. The van der Waals surface area contributed by atoms with Gasteiger partial charge in [-0.05, 0) is 25.5 Å². The van der Waals surface area contributed by atoms with Gasteiger partial charge in [-0.2, -0.15) is 0 Å². The molecule has 0 aliphatic rings. The summed E-state index contributed by atoms with van der Waals surface area (Å²) < 4.78 is 0. The first kappa shape index (κ1) is 11.9. The van der Waals surface area contributed by atoms with Gasteiger partial charge in [-0.15, -0.1) is 0 Å². The Kier molecular flexibility index (Phi) is 4.49. The van der Waals surface area contributed by atoms with Crippen molar-refractivity contribution in [3.05, 3.63) is 24.0 Å². The first-order valence-electron chi connectivity index (χ1n) is 5.16. The fourth-order valence-corrected chi connectivity index (χ4v) is 1.65. The van der Waals surface area contributed by atoms with Gasteiger partial charge in [0.2, 0.25) is 0 Å². The highest BCUT2D eigenvalue weighted by Crippen LogP contribution is 2.14. The predicted octanol–water partition coefficient (Wildman–Crippen LogP) is 2.32. The van der Waals surface area contributed by atoms with Gasteiger partial charge in [0.15, 0.2) is 0 Å². The highest BCUT2D eigenvalue weighted by molar-refractivity contribution is 7.80. The minimum atomic E-state index is 0.335. The van der Waals surface area contributed by atoms with Crippen LogP contribution in [0.25, 0.3) is 0 Å². The first-order valence-corrected chi connectivity index (χ1v) is 5.57. The average Bonchev–Trinajstić information content (AvgIpc) is 2.18. The molecule has 1 heterocycles. The van der Waals surface area contributed by atoms with Gasteiger partial charge >= 0.3 is 0 Å². The third kappa shape index (κ3) is 3.47. The lowest BCUT2D eigenvalue weighted by atomic mass is 10.2. The van der Waals surface area contributed by atoms with Gasteiger partial charge < -0.3 is 11.1 Å². The second-order valence-electron chi connectivity index (χ2n) is 3.60. The number of anilines is 1. The lowest BCUT2D eigenvalue weighted by molar-refractivity contribution is 0.690. The van der Waals surface area contributed by atoms with Crippen LogP contribution >= 0.6 is 12.2 Å². The van der Waals surface area contributed by atoms with E-state index in [1.165, 1.54) is 0 Å². The molecule has 1 atom stereocenters. The molecule has 0 aliphatic carbocycles. The highest BCUT2D eigenvalue weighted by Gasteiger charge is 2.07. The summed E-state index contributed by atoms with van der Waals surface area (Å²) in [5, 5.41) is 3.36. The van der Waals surface area contributed by atoms with E-state index >= 15 is 0 Å². The number of pyridine rings is 1. The highest BCUT2D eigenvalue weighted by atomic mass is 32.1. The quantitative estimate of drug-likeness (QED) is 0.752. The van der Waals surface area contributed by atoms with Crippen LogP contribution in [0, 0.1) is 0 Å². The Morgan fingerprint density at radius 1 is 1.67 bits per heavy atom. The number of nitrogens with one attached hydrogen (secondary N) is 1. The molecule has 3 N–H and O–H groups in total. The monoisotopic (exact) mass is 223 g/mol. The third-order valence-electron chi connectivity index (χ3n) is 2.16. The van der Waals surface area contributed by atoms with Gasteiger partial charge in [-0.3, -0.25) is 4.98 Å². The summed E-state index contributed by atoms with van der Waals surface area (Å²) in [6, 6.07) is 4.24. The van der Waals surface area contributed by atoms with E-state index in [0.717, 1.165) is 18.5 Å². The minimum Gasteiger partial charge on any atom is -0.388 e. The molecule has 0 bridgehead atoms. The van der Waals surface area contributed by atoms with Crippen molar-refractivity contribution in [3.8, 4) is 0 Å². The van der Waals surface area contributed by atoms with E-state index in [1.807, 2.05) is 12.1 Å². The Morgan fingerprint density at radius 3 is 3.00 bits per heavy atom. The topological polar surface area (TPSA) is 50.9 Å². The summed E-state index contributed by atoms with van der Waals surface area (Å²) >= 11 is 4.94. The fraction of sp³-hybridized carbons (Fsp3) is 0.455. The fourth-order valence-electron chi connectivity index (χ4n) is 1.49. The molecule has 0 aromatic carbocycles. The molecule has 1 aromatic rings. The number of hydrogen-bond acceptors (Lipinski definition) is 3. The van der Waals surface area contributed by atoms with Crippen molar-refractivity contribution in [2.45, 2.75) is 32.7 Å². The number of thiocarbonyl (C=S) groups is 1. The second-order valence-corrected chi connectivity index (χ2v) is 4.04. The smallest absolute Gasteiger partial charge is 0.124 e. The molecule has 1 aromatic heterocycles. The summed E-state index contributed by atoms with van der Waals surface area (Å²) in [7, 11) is 0. The second kappa shape index (κ2) is 5.66. The van der Waals surface area contributed by atoms with E-state index in [9.17, 15) is 0 Å². The van der Waals surface area contributed by atoms with Crippen molar-refractivity contribution in [2.75, 3.05) is 5.32 Å². The molecule has 1 unspecified atom stereocenters. The van der Waals surface area contributed by atoms with E-state index in [0.29, 0.717) is 16.7 Å². The maximum absolute atomic E-state index is 5.59. The Morgan fingerprint density at radius 2 is 2.40 bits per heavy atom. The number of aromatic nitrogens is 1. The summed E-state index contributed by atoms with van der Waals surface area (Å²) in [6.07, 6.45) is 3.96. The molecule has 0 spiro atoms. The van der Waals surface area contributed by atoms with Crippen LogP contribution in [0.2, 0.25) is 0 Å². The molecular weight excluding hydrogens is 206 g/mol. The number of rotatable bonds is 5. The first-order chi connectivity index (χ1) is 7.15. The molecule has 0 saturated carbocycles. The van der Waals surface area contributed by atoms with Crippen LogP contribution in [0.15, 0.2) is 18.3 Å². The predicted molar refractivity (Wildman–Crippen MR) is 68.1 cm³/mol. The average molecular weight is 223 g/mol. The molecule has 4 heteroatoms. The van der Waals surface area contributed by atoms with Crippen molar-refractivity contribution < 1.29 is 0 Å². The summed E-state index contributed by atoms with van der Waals surface area (Å²) in [5.74, 6) is 0. The SMILES string of the molecule is CCCC(C)Nc1cccnc1C(N)=S. The van der Waals surface area contributed by atoms with Gasteiger partial charge in [0.05, 0.1) is 5.69 Å². The van der Waals surface area contributed by atoms with Crippen LogP contribution < -0.4 is 11.1 Å². The number of nitrogens with zero attached hydrogens (tertiary/aromatic N) is 1. The largest absolute Gasteiger partial charge is 0.388 e. The van der Waals surface area contributed by atoms with Crippen LogP contribution in [-0.2, 0) is 0 Å². The third-order valence-corrected chi connectivity index (χ3v) is 2.36. The minimum absolute atomic E-state index is 0.335. The van der Waals surface area contributed by atoms with E-state index in [4.69, 9.17) is 18.0 Å². The molecule has 3 nitrogen and oxygen atoms in total. The van der Waals surface area contributed by atoms with E-state index < -0.39 is 0 Å². The summed E-state index contributed by atoms with van der Waals surface area (Å²) in [6.45, 7) is 4.30. The lowest BCUT2D eigenvalue weighted by Gasteiger charge is -2.16. The maximum atomic E-state index is 5.59. The Bertz CT molecular complexity index is 338. The number of nitrogens with two attached hydrogens (primary N) is 1. The standard InChI is InChI=1S/C11H17N3S/c1-3-5-8(2)14-9-6-4-7-13-10(9)11(12)15/h4,6-8,14H,3,5H2,1-2H3,(H2,12,15). The molecule has 0 amide bonds. The van der Waals surface area contributed by atoms with Crippen LogP contribution in [-0.4, -0.2) is 16.0 Å². The summed E-state index contributed by atoms with van der Waals surface area (Å²) in [5.41, 5.74) is 7.19. The van der Waals surface area contributed by atoms with Gasteiger partial charge in [0.1, 0.15) is 10.7 Å². The zero-order chi connectivity index (χ0) is 11.3. The van der Waals surface area contributed by atoms with Crippen molar-refractivity contribution in [3.63, 3.8) is 0 Å². The van der Waals surface area contributed by atoms with E-state index in [-0.39, 0.29) is 0 Å². The van der Waals surface area contributed by atoms with Crippen molar-refractivity contribution in [1.82, 2.24) is 4.98 Å². The van der Waals surface area contributed by atoms with E-state index in [2.05, 4.69) is 24.1 Å². The molecule has 1 rings (SSSR count). The Hall–Kier alpha value is -1.16. The van der Waals surface area contributed by atoms with Crippen molar-refractivity contribution in [1.29, 1.82) is 0 Å². The molecule has 0 aliphatic heterocycles. The molecule has 0 fully saturated rings. The zero-order valence-electron chi connectivity index (χ0n) is 9.16. The van der Waals surface area contributed by atoms with Crippen LogP contribution in [0.5, 0.6) is 0 Å². The van der Waals surface area contributed by atoms with E-state index in [1.54, 1.807) is 6.20 Å². The Labute approximate surface area is 96.1 Å². The molecular formula is C11H17N3S. The van der Waals surface area contributed by atoms with Crippen LogP contribution in [0.3, 0.4) is 0 Å². The lowest BCUT2D eigenvalue weighted by Crippen LogP contribution is -2.20. The van der Waals surface area contributed by atoms with Gasteiger partial charge in [-0.1, -0.05) is 25.6 Å². The molecule has 15 heavy (non-hydrogen) atoms. The number of hydrogen-bond donors (Lipinski definition) is 2. The van der Waals surface area contributed by atoms with Gasteiger partial charge in [0.25, 0.3) is 0 Å². The van der Waals surface area contributed by atoms with Crippen molar-refractivity contribution in [2.24, 2.45) is 5.73 Å². The van der Waals surface area contributed by atoms with Crippen molar-refractivity contribution >= 4 is 22.9 Å². The van der Waals surface area contributed by atoms with Gasteiger partial charge in [0, 0.05) is 12.2 Å². The van der Waals surface area contributed by atoms with Gasteiger partial charge in [-0.25, -0.2) is 0 Å². The summed E-state index contributed by atoms with van der Waals surface area (Å²) in [4.78, 5) is 4.50. The molecule has 0 saturated heterocycles. The Balaban J connectivity index is 2.79. The zero-order valence-corrected chi connectivity index (χ0v) is 9.97. The van der Waals surface area contributed by atoms with Crippen LogP contribution in [0.1, 0.15) is 32.4 Å². The molecule has 82 valence electrons.